The average molecular weight is 139 g/mol. The largest absolute Gasteiger partial charge is 0.313 e. The molecule has 0 unspecified atom stereocenters. The van der Waals surface area contributed by atoms with E-state index < -0.39 is 0 Å². The second kappa shape index (κ2) is 1.76. The summed E-state index contributed by atoms with van der Waals surface area (Å²) in [6.45, 7) is 8.30. The number of fused-ring (bicyclic) bond motifs is 1. The molecule has 0 aromatic rings. The molecule has 0 spiro atoms. The molecule has 58 valence electrons. The number of rotatable bonds is 0. The smallest absolute Gasteiger partial charge is 0.0147 e. The molecular formula is C9H17N. The fourth-order valence-electron chi connectivity index (χ4n) is 2.29. The van der Waals surface area contributed by atoms with Crippen LogP contribution < -0.4 is 5.32 Å². The van der Waals surface area contributed by atoms with Gasteiger partial charge in [0.05, 0.1) is 0 Å². The minimum Gasteiger partial charge on any atom is -0.313 e. The second-order valence-electron chi connectivity index (χ2n) is 4.91. The molecule has 0 aromatic heterocycles. The lowest BCUT2D eigenvalue weighted by atomic mass is 9.84. The van der Waals surface area contributed by atoms with E-state index in [4.69, 9.17) is 0 Å². The lowest BCUT2D eigenvalue weighted by Gasteiger charge is -2.28. The first-order valence-corrected chi connectivity index (χ1v) is 4.32. The van der Waals surface area contributed by atoms with Gasteiger partial charge in [-0.2, -0.15) is 0 Å². The van der Waals surface area contributed by atoms with Crippen LogP contribution in [-0.2, 0) is 0 Å². The summed E-state index contributed by atoms with van der Waals surface area (Å²) in [5.74, 6) is 2.07. The van der Waals surface area contributed by atoms with Crippen molar-refractivity contribution < 1.29 is 0 Å². The Balaban J connectivity index is 2.05. The highest BCUT2D eigenvalue weighted by Gasteiger charge is 2.51. The van der Waals surface area contributed by atoms with E-state index in [-0.39, 0.29) is 0 Å². The third kappa shape index (κ3) is 0.878. The van der Waals surface area contributed by atoms with E-state index in [2.05, 4.69) is 26.1 Å². The SMILES string of the molecule is CC(C)(C)[C@H]1NC[C@H]2C[C@H]21. The van der Waals surface area contributed by atoms with Gasteiger partial charge in [0.1, 0.15) is 0 Å². The first-order chi connectivity index (χ1) is 4.59. The van der Waals surface area contributed by atoms with Crippen LogP contribution in [-0.4, -0.2) is 12.6 Å². The Morgan fingerprint density at radius 2 is 2.00 bits per heavy atom. The third-order valence-electron chi connectivity index (χ3n) is 2.94. The number of nitrogens with one attached hydrogen (secondary N) is 1. The zero-order chi connectivity index (χ0) is 7.35. The summed E-state index contributed by atoms with van der Waals surface area (Å²) in [6.07, 6.45) is 1.49. The monoisotopic (exact) mass is 139 g/mol. The first-order valence-electron chi connectivity index (χ1n) is 4.32. The van der Waals surface area contributed by atoms with Crippen molar-refractivity contribution in [2.24, 2.45) is 17.3 Å². The molecular weight excluding hydrogens is 122 g/mol. The molecule has 2 rings (SSSR count). The maximum absolute atomic E-state index is 3.60. The van der Waals surface area contributed by atoms with Crippen LogP contribution in [0.2, 0.25) is 0 Å². The normalized spacial score (nSPS) is 45.3. The van der Waals surface area contributed by atoms with Gasteiger partial charge < -0.3 is 5.32 Å². The standard InChI is InChI=1S/C9H17N/c1-9(2,3)8-7-4-6(7)5-10-8/h6-8,10H,4-5H2,1-3H3/t6-,7-,8+/m1/s1. The highest BCUT2D eigenvalue weighted by molar-refractivity contribution is 5.06. The number of hydrogen-bond acceptors (Lipinski definition) is 1. The molecule has 1 aliphatic heterocycles. The lowest BCUT2D eigenvalue weighted by molar-refractivity contribution is 0.269. The van der Waals surface area contributed by atoms with E-state index in [1.54, 1.807) is 0 Å². The van der Waals surface area contributed by atoms with E-state index in [9.17, 15) is 0 Å². The Morgan fingerprint density at radius 3 is 2.20 bits per heavy atom. The fraction of sp³-hybridized carbons (Fsp3) is 1.00. The molecule has 0 aromatic carbocycles. The Labute approximate surface area is 63.2 Å². The van der Waals surface area contributed by atoms with Crippen molar-refractivity contribution in [2.75, 3.05) is 6.54 Å². The molecule has 1 heteroatoms. The Kier molecular flexibility index (Phi) is 1.17. The molecule has 2 aliphatic rings. The maximum atomic E-state index is 3.60. The molecule has 3 atom stereocenters. The molecule has 1 heterocycles. The second-order valence-corrected chi connectivity index (χ2v) is 4.91. The van der Waals surface area contributed by atoms with E-state index in [0.717, 1.165) is 17.9 Å². The zero-order valence-electron chi connectivity index (χ0n) is 7.15. The number of hydrogen-bond donors (Lipinski definition) is 1. The van der Waals surface area contributed by atoms with Crippen molar-refractivity contribution in [3.05, 3.63) is 0 Å². The molecule has 1 saturated heterocycles. The third-order valence-corrected chi connectivity index (χ3v) is 2.94. The molecule has 1 nitrogen and oxygen atoms in total. The topological polar surface area (TPSA) is 12.0 Å². The molecule has 0 radical (unpaired) electrons. The highest BCUT2D eigenvalue weighted by Crippen LogP contribution is 2.49. The number of piperidine rings is 1. The fourth-order valence-corrected chi connectivity index (χ4v) is 2.29. The van der Waals surface area contributed by atoms with Gasteiger partial charge in [-0.25, -0.2) is 0 Å². The van der Waals surface area contributed by atoms with Crippen LogP contribution in [0.3, 0.4) is 0 Å². The molecule has 0 amide bonds. The summed E-state index contributed by atoms with van der Waals surface area (Å²) < 4.78 is 0. The van der Waals surface area contributed by atoms with Gasteiger partial charge in [0.25, 0.3) is 0 Å². The van der Waals surface area contributed by atoms with Crippen molar-refractivity contribution in [3.63, 3.8) is 0 Å². The zero-order valence-corrected chi connectivity index (χ0v) is 7.15. The maximum Gasteiger partial charge on any atom is 0.0147 e. The average Bonchev–Trinajstić information content (AvgIpc) is 2.40. The highest BCUT2D eigenvalue weighted by atomic mass is 15.0. The van der Waals surface area contributed by atoms with Gasteiger partial charge in [-0.1, -0.05) is 20.8 Å². The summed E-state index contributed by atoms with van der Waals surface area (Å²) in [7, 11) is 0. The molecule has 1 N–H and O–H groups in total. The van der Waals surface area contributed by atoms with Gasteiger partial charge in [0, 0.05) is 6.04 Å². The van der Waals surface area contributed by atoms with E-state index in [1.807, 2.05) is 0 Å². The summed E-state index contributed by atoms with van der Waals surface area (Å²) in [5.41, 5.74) is 0.482. The van der Waals surface area contributed by atoms with E-state index in [0.29, 0.717) is 5.41 Å². The molecule has 2 fully saturated rings. The minimum atomic E-state index is 0.482. The summed E-state index contributed by atoms with van der Waals surface area (Å²) in [4.78, 5) is 0. The Hall–Kier alpha value is -0.0400. The quantitative estimate of drug-likeness (QED) is 0.538. The van der Waals surface area contributed by atoms with Gasteiger partial charge in [-0.3, -0.25) is 0 Å². The summed E-state index contributed by atoms with van der Waals surface area (Å²) in [5, 5.41) is 3.60. The molecule has 1 saturated carbocycles. The molecule has 1 aliphatic carbocycles. The van der Waals surface area contributed by atoms with Crippen molar-refractivity contribution in [1.82, 2.24) is 5.32 Å². The van der Waals surface area contributed by atoms with Gasteiger partial charge in [-0.05, 0) is 30.2 Å². The van der Waals surface area contributed by atoms with Crippen LogP contribution in [0.1, 0.15) is 27.2 Å². The van der Waals surface area contributed by atoms with Crippen LogP contribution in [0.15, 0.2) is 0 Å². The van der Waals surface area contributed by atoms with E-state index >= 15 is 0 Å². The summed E-state index contributed by atoms with van der Waals surface area (Å²) in [6, 6.07) is 0.803. The van der Waals surface area contributed by atoms with Crippen molar-refractivity contribution >= 4 is 0 Å². The predicted octanol–water partition coefficient (Wildman–Crippen LogP) is 1.64. The van der Waals surface area contributed by atoms with Gasteiger partial charge >= 0.3 is 0 Å². The van der Waals surface area contributed by atoms with Crippen molar-refractivity contribution in [2.45, 2.75) is 33.2 Å². The summed E-state index contributed by atoms with van der Waals surface area (Å²) >= 11 is 0. The van der Waals surface area contributed by atoms with Gasteiger partial charge in [-0.15, -0.1) is 0 Å². The minimum absolute atomic E-state index is 0.482. The van der Waals surface area contributed by atoms with Gasteiger partial charge in [0.15, 0.2) is 0 Å². The van der Waals surface area contributed by atoms with E-state index in [1.165, 1.54) is 13.0 Å². The predicted molar refractivity (Wildman–Crippen MR) is 42.8 cm³/mol. The first kappa shape index (κ1) is 6.66. The van der Waals surface area contributed by atoms with Crippen molar-refractivity contribution in [3.8, 4) is 0 Å². The Bertz CT molecular complexity index is 145. The van der Waals surface area contributed by atoms with Crippen molar-refractivity contribution in [1.29, 1.82) is 0 Å². The molecule has 0 bridgehead atoms. The van der Waals surface area contributed by atoms with Gasteiger partial charge in [0.2, 0.25) is 0 Å². The van der Waals surface area contributed by atoms with Crippen LogP contribution in [0.4, 0.5) is 0 Å². The molecule has 10 heavy (non-hydrogen) atoms. The van der Waals surface area contributed by atoms with Crippen LogP contribution in [0, 0.1) is 17.3 Å². The van der Waals surface area contributed by atoms with Crippen LogP contribution >= 0.6 is 0 Å². The van der Waals surface area contributed by atoms with Crippen LogP contribution in [0.25, 0.3) is 0 Å². The van der Waals surface area contributed by atoms with Crippen LogP contribution in [0.5, 0.6) is 0 Å². The lowest BCUT2D eigenvalue weighted by Crippen LogP contribution is -2.38. The Morgan fingerprint density at radius 1 is 1.30 bits per heavy atom.